The van der Waals surface area contributed by atoms with Gasteiger partial charge in [0.25, 0.3) is 0 Å². The molecule has 0 bridgehead atoms. The maximum absolute atomic E-state index is 13.4. The first-order chi connectivity index (χ1) is 15.3. The van der Waals surface area contributed by atoms with Crippen molar-refractivity contribution in [2.75, 3.05) is 19.6 Å². The first-order valence-electron chi connectivity index (χ1n) is 11.2. The lowest BCUT2D eigenvalue weighted by Crippen LogP contribution is -2.44. The predicted octanol–water partition coefficient (Wildman–Crippen LogP) is 3.94. The van der Waals surface area contributed by atoms with Crippen molar-refractivity contribution in [3.05, 3.63) is 64.7 Å². The number of sulfonamides is 1. The van der Waals surface area contributed by atoms with Crippen LogP contribution in [-0.2, 0) is 14.8 Å². The van der Waals surface area contributed by atoms with Crippen LogP contribution in [0.15, 0.2) is 47.4 Å². The van der Waals surface area contributed by atoms with E-state index in [-0.39, 0.29) is 22.8 Å². The lowest BCUT2D eigenvalue weighted by atomic mass is 9.94. The molecule has 0 saturated carbocycles. The van der Waals surface area contributed by atoms with E-state index in [1.54, 1.807) is 0 Å². The lowest BCUT2D eigenvalue weighted by molar-refractivity contribution is -0.137. The molecule has 1 atom stereocenters. The number of rotatable bonds is 4. The number of likely N-dealkylation sites (tertiary alicyclic amines) is 1. The minimum Gasteiger partial charge on any atom is -0.335 e. The van der Waals surface area contributed by atoms with E-state index < -0.39 is 10.0 Å². The summed E-state index contributed by atoms with van der Waals surface area (Å²) in [6.45, 7) is 5.63. The van der Waals surface area contributed by atoms with Crippen molar-refractivity contribution in [3.8, 4) is 6.07 Å². The van der Waals surface area contributed by atoms with Gasteiger partial charge < -0.3 is 4.90 Å². The number of benzene rings is 2. The molecular formula is C25H29N3O3S. The highest BCUT2D eigenvalue weighted by Gasteiger charge is 2.37. The van der Waals surface area contributed by atoms with Gasteiger partial charge in [-0.2, -0.15) is 9.57 Å². The van der Waals surface area contributed by atoms with Gasteiger partial charge >= 0.3 is 0 Å². The Hall–Kier alpha value is -2.69. The van der Waals surface area contributed by atoms with E-state index >= 15 is 0 Å². The Morgan fingerprint density at radius 3 is 2.28 bits per heavy atom. The molecule has 0 N–H and O–H groups in total. The van der Waals surface area contributed by atoms with Crippen LogP contribution in [0.2, 0.25) is 0 Å². The minimum atomic E-state index is -3.62. The highest BCUT2D eigenvalue weighted by molar-refractivity contribution is 7.89. The summed E-state index contributed by atoms with van der Waals surface area (Å²) < 4.78 is 27.4. The number of nitriles is 1. The average Bonchev–Trinajstić information content (AvgIpc) is 3.30. The molecule has 2 heterocycles. The third kappa shape index (κ3) is 4.30. The molecule has 2 fully saturated rings. The van der Waals surface area contributed by atoms with Gasteiger partial charge in [-0.15, -0.1) is 0 Å². The summed E-state index contributed by atoms with van der Waals surface area (Å²) in [5.41, 5.74) is 4.11. The molecular weight excluding hydrogens is 422 g/mol. The van der Waals surface area contributed by atoms with E-state index in [9.17, 15) is 13.2 Å². The van der Waals surface area contributed by atoms with Gasteiger partial charge in [0.1, 0.15) is 0 Å². The van der Waals surface area contributed by atoms with Crippen LogP contribution in [0.25, 0.3) is 0 Å². The third-order valence-electron chi connectivity index (χ3n) is 6.88. The molecule has 2 aliphatic heterocycles. The first kappa shape index (κ1) is 22.5. The van der Waals surface area contributed by atoms with Gasteiger partial charge in [-0.1, -0.05) is 18.2 Å². The Bertz CT molecular complexity index is 1140. The van der Waals surface area contributed by atoms with Gasteiger partial charge in [-0.05, 0) is 80.5 Å². The Morgan fingerprint density at radius 1 is 0.969 bits per heavy atom. The molecule has 4 rings (SSSR count). The first-order valence-corrected chi connectivity index (χ1v) is 12.6. The van der Waals surface area contributed by atoms with Crippen LogP contribution in [0.3, 0.4) is 0 Å². The maximum atomic E-state index is 13.4. The second-order valence-electron chi connectivity index (χ2n) is 8.85. The summed E-state index contributed by atoms with van der Waals surface area (Å²) in [5, 5.41) is 8.92. The van der Waals surface area contributed by atoms with Crippen molar-refractivity contribution in [3.63, 3.8) is 0 Å². The smallest absolute Gasteiger partial charge is 0.243 e. The fourth-order valence-electron chi connectivity index (χ4n) is 4.78. The third-order valence-corrected chi connectivity index (χ3v) is 8.79. The molecule has 1 amide bonds. The Balaban J connectivity index is 1.42. The van der Waals surface area contributed by atoms with Crippen LogP contribution in [0, 0.1) is 31.1 Å². The monoisotopic (exact) mass is 451 g/mol. The number of nitrogens with zero attached hydrogens (tertiary/aromatic N) is 3. The molecule has 2 saturated heterocycles. The van der Waals surface area contributed by atoms with E-state index in [2.05, 4.69) is 32.0 Å². The van der Waals surface area contributed by atoms with Gasteiger partial charge in [-0.3, -0.25) is 4.79 Å². The Morgan fingerprint density at radius 2 is 1.66 bits per heavy atom. The van der Waals surface area contributed by atoms with Crippen molar-refractivity contribution in [2.45, 2.75) is 50.5 Å². The van der Waals surface area contributed by atoms with E-state index in [1.807, 2.05) is 11.0 Å². The molecule has 168 valence electrons. The van der Waals surface area contributed by atoms with E-state index in [0.717, 1.165) is 19.4 Å². The molecule has 1 unspecified atom stereocenters. The van der Waals surface area contributed by atoms with Crippen LogP contribution in [0.1, 0.15) is 54.0 Å². The van der Waals surface area contributed by atoms with Gasteiger partial charge in [0.2, 0.25) is 15.9 Å². The molecule has 32 heavy (non-hydrogen) atoms. The predicted molar refractivity (Wildman–Crippen MR) is 122 cm³/mol. The normalized spacial score (nSPS) is 20.3. The molecule has 2 aliphatic rings. The van der Waals surface area contributed by atoms with Crippen LogP contribution in [0.4, 0.5) is 0 Å². The molecule has 2 aromatic rings. The number of aryl methyl sites for hydroxylation is 2. The van der Waals surface area contributed by atoms with Crippen LogP contribution in [0.5, 0.6) is 0 Å². The van der Waals surface area contributed by atoms with Gasteiger partial charge in [0, 0.05) is 25.6 Å². The molecule has 0 spiro atoms. The van der Waals surface area contributed by atoms with E-state index in [4.69, 9.17) is 5.26 Å². The van der Waals surface area contributed by atoms with Gasteiger partial charge in [0.05, 0.1) is 22.6 Å². The summed E-state index contributed by atoms with van der Waals surface area (Å²) in [6, 6.07) is 14.5. The molecule has 2 aromatic carbocycles. The van der Waals surface area contributed by atoms with Crippen molar-refractivity contribution in [1.29, 1.82) is 5.26 Å². The molecule has 0 radical (unpaired) electrons. The van der Waals surface area contributed by atoms with Crippen molar-refractivity contribution >= 4 is 15.9 Å². The van der Waals surface area contributed by atoms with Crippen LogP contribution < -0.4 is 0 Å². The molecule has 7 heteroatoms. The number of amides is 1. The van der Waals surface area contributed by atoms with Crippen molar-refractivity contribution < 1.29 is 13.2 Å². The zero-order valence-electron chi connectivity index (χ0n) is 18.6. The quantitative estimate of drug-likeness (QED) is 0.705. The summed E-state index contributed by atoms with van der Waals surface area (Å²) in [4.78, 5) is 15.6. The van der Waals surface area contributed by atoms with Gasteiger partial charge in [0.15, 0.2) is 0 Å². The number of carbonyl (C=O) groups excluding carboxylic acids is 1. The van der Waals surface area contributed by atoms with E-state index in [1.165, 1.54) is 45.3 Å². The number of hydrogen-bond acceptors (Lipinski definition) is 4. The standard InChI is InChI=1S/C25H29N3O3S/c1-18-5-8-22(16-19(18)2)24-4-3-13-28(24)25(29)21-11-14-27(15-12-21)32(30,31)23-9-6-20(17-26)7-10-23/h5-10,16,21,24H,3-4,11-15H2,1-2H3. The van der Waals surface area contributed by atoms with E-state index in [0.29, 0.717) is 31.5 Å². The molecule has 0 aromatic heterocycles. The maximum Gasteiger partial charge on any atom is 0.243 e. The summed E-state index contributed by atoms with van der Waals surface area (Å²) in [7, 11) is -3.62. The second-order valence-corrected chi connectivity index (χ2v) is 10.8. The SMILES string of the molecule is Cc1ccc(C2CCCN2C(=O)C2CCN(S(=O)(=O)c3ccc(C#N)cc3)CC2)cc1C. The highest BCUT2D eigenvalue weighted by Crippen LogP contribution is 2.35. The van der Waals surface area contributed by atoms with Crippen LogP contribution >= 0.6 is 0 Å². The topological polar surface area (TPSA) is 81.5 Å². The van der Waals surface area contributed by atoms with Crippen molar-refractivity contribution in [1.82, 2.24) is 9.21 Å². The zero-order valence-corrected chi connectivity index (χ0v) is 19.4. The van der Waals surface area contributed by atoms with Gasteiger partial charge in [-0.25, -0.2) is 8.42 Å². The van der Waals surface area contributed by atoms with Crippen molar-refractivity contribution in [2.24, 2.45) is 5.92 Å². The summed E-state index contributed by atoms with van der Waals surface area (Å²) >= 11 is 0. The summed E-state index contributed by atoms with van der Waals surface area (Å²) in [5.74, 6) is 0.00992. The fraction of sp³-hybridized carbons (Fsp3) is 0.440. The minimum absolute atomic E-state index is 0.113. The average molecular weight is 452 g/mol. The largest absolute Gasteiger partial charge is 0.335 e. The number of hydrogen-bond donors (Lipinski definition) is 0. The molecule has 0 aliphatic carbocycles. The fourth-order valence-corrected chi connectivity index (χ4v) is 6.25. The number of carbonyl (C=O) groups is 1. The molecule has 6 nitrogen and oxygen atoms in total. The second kappa shape index (κ2) is 9.05. The summed E-state index contributed by atoms with van der Waals surface area (Å²) in [6.07, 6.45) is 3.03. The zero-order chi connectivity index (χ0) is 22.9. The number of piperidine rings is 1. The Kier molecular flexibility index (Phi) is 6.36. The Labute approximate surface area is 190 Å². The van der Waals surface area contributed by atoms with Crippen LogP contribution in [-0.4, -0.2) is 43.2 Å². The highest BCUT2D eigenvalue weighted by atomic mass is 32.2. The lowest BCUT2D eigenvalue weighted by Gasteiger charge is -2.34.